The molecule has 0 aliphatic heterocycles. The van der Waals surface area contributed by atoms with E-state index in [1.807, 2.05) is 0 Å². The quantitative estimate of drug-likeness (QED) is 0.322. The molecule has 2 aliphatic rings. The Labute approximate surface area is 193 Å². The molecule has 0 nitrogen and oxygen atoms in total. The smallest absolute Gasteiger partial charge is 0.0207 e. The van der Waals surface area contributed by atoms with Crippen LogP contribution in [0.5, 0.6) is 0 Å². The van der Waals surface area contributed by atoms with Crippen molar-refractivity contribution in [1.29, 1.82) is 0 Å². The van der Waals surface area contributed by atoms with E-state index in [1.54, 1.807) is 0 Å². The molecule has 2 aliphatic carbocycles. The summed E-state index contributed by atoms with van der Waals surface area (Å²) in [6, 6.07) is 27.1. The topological polar surface area (TPSA) is 0 Å². The van der Waals surface area contributed by atoms with Gasteiger partial charge in [0.1, 0.15) is 0 Å². The van der Waals surface area contributed by atoms with Crippen LogP contribution in [0.3, 0.4) is 0 Å². The third kappa shape index (κ3) is 2.89. The molecule has 160 valence electrons. The molecule has 0 amide bonds. The Morgan fingerprint density at radius 3 is 2.06 bits per heavy atom. The molecule has 0 saturated heterocycles. The molecule has 0 radical (unpaired) electrons. The summed E-state index contributed by atoms with van der Waals surface area (Å²) in [7, 11) is 0. The number of benzene rings is 3. The maximum absolute atomic E-state index is 4.10. The van der Waals surface area contributed by atoms with Crippen LogP contribution in [0.4, 0.5) is 0 Å². The highest BCUT2D eigenvalue weighted by Crippen LogP contribution is 2.64. The molecule has 0 heteroatoms. The van der Waals surface area contributed by atoms with Gasteiger partial charge in [-0.05, 0) is 64.5 Å². The van der Waals surface area contributed by atoms with Gasteiger partial charge in [-0.2, -0.15) is 0 Å². The van der Waals surface area contributed by atoms with Crippen LogP contribution in [0.2, 0.25) is 0 Å². The zero-order valence-corrected chi connectivity index (χ0v) is 19.1. The number of fused-ring (bicyclic) bond motifs is 4. The Morgan fingerprint density at radius 1 is 0.812 bits per heavy atom. The molecule has 2 atom stereocenters. The maximum atomic E-state index is 4.10. The van der Waals surface area contributed by atoms with Crippen LogP contribution in [-0.4, -0.2) is 0 Å². The molecule has 0 fully saturated rings. The van der Waals surface area contributed by atoms with Crippen LogP contribution in [0, 0.1) is 5.41 Å². The SMILES string of the molecule is C=CCCC1(C(C)(CCC=C)C2c3ccccc3-c3ccccc32)C=Cc2ccccc21. The molecule has 0 heterocycles. The monoisotopic (exact) mass is 416 g/mol. The van der Waals surface area contributed by atoms with E-state index in [1.165, 1.54) is 33.4 Å². The minimum absolute atomic E-state index is 0.0178. The van der Waals surface area contributed by atoms with E-state index in [0.29, 0.717) is 5.92 Å². The summed E-state index contributed by atoms with van der Waals surface area (Å²) < 4.78 is 0. The summed E-state index contributed by atoms with van der Waals surface area (Å²) in [6.45, 7) is 10.7. The standard InChI is InChI=1S/C32H32/c1-4-6-21-31(3,32(22-7-5-2)23-20-24-14-8-13-19-29(24)32)30-27-17-11-9-15-25(27)26-16-10-12-18-28(26)30/h4-5,8-20,23,30H,1-2,6-7,21-22H2,3H3. The van der Waals surface area contributed by atoms with Gasteiger partial charge in [-0.25, -0.2) is 0 Å². The van der Waals surface area contributed by atoms with Crippen molar-refractivity contribution in [3.8, 4) is 11.1 Å². The normalized spacial score (nSPS) is 20.3. The van der Waals surface area contributed by atoms with E-state index in [-0.39, 0.29) is 10.8 Å². The Hall–Kier alpha value is -3.12. The van der Waals surface area contributed by atoms with Crippen molar-refractivity contribution in [3.05, 3.63) is 126 Å². The van der Waals surface area contributed by atoms with Gasteiger partial charge in [0, 0.05) is 11.3 Å². The first-order valence-corrected chi connectivity index (χ1v) is 11.8. The van der Waals surface area contributed by atoms with Crippen molar-refractivity contribution in [2.45, 2.75) is 43.9 Å². The van der Waals surface area contributed by atoms with Gasteiger partial charge in [-0.1, -0.05) is 104 Å². The lowest BCUT2D eigenvalue weighted by Gasteiger charge is -2.51. The van der Waals surface area contributed by atoms with Crippen LogP contribution in [-0.2, 0) is 5.41 Å². The molecule has 0 spiro atoms. The second-order valence-electron chi connectivity index (χ2n) is 9.57. The van der Waals surface area contributed by atoms with E-state index in [0.717, 1.165) is 25.7 Å². The van der Waals surface area contributed by atoms with Crippen LogP contribution in [0.1, 0.15) is 60.8 Å². The van der Waals surface area contributed by atoms with Gasteiger partial charge in [0.15, 0.2) is 0 Å². The van der Waals surface area contributed by atoms with Crippen LogP contribution >= 0.6 is 0 Å². The predicted octanol–water partition coefficient (Wildman–Crippen LogP) is 8.70. The maximum Gasteiger partial charge on any atom is 0.0207 e. The van der Waals surface area contributed by atoms with Gasteiger partial charge in [-0.3, -0.25) is 0 Å². The predicted molar refractivity (Wildman–Crippen MR) is 138 cm³/mol. The van der Waals surface area contributed by atoms with E-state index in [2.05, 4.69) is 117 Å². The summed E-state index contributed by atoms with van der Waals surface area (Å²) in [5.41, 5.74) is 8.48. The molecule has 0 N–H and O–H groups in total. The lowest BCUT2D eigenvalue weighted by atomic mass is 9.51. The van der Waals surface area contributed by atoms with Crippen molar-refractivity contribution in [3.63, 3.8) is 0 Å². The van der Waals surface area contributed by atoms with Gasteiger partial charge in [0.2, 0.25) is 0 Å². The van der Waals surface area contributed by atoms with Crippen molar-refractivity contribution < 1.29 is 0 Å². The molecule has 0 aromatic heterocycles. The summed E-state index contributed by atoms with van der Waals surface area (Å²) >= 11 is 0. The van der Waals surface area contributed by atoms with Crippen molar-refractivity contribution >= 4 is 6.08 Å². The second-order valence-corrected chi connectivity index (χ2v) is 9.57. The van der Waals surface area contributed by atoms with Gasteiger partial charge >= 0.3 is 0 Å². The third-order valence-electron chi connectivity index (χ3n) is 8.09. The van der Waals surface area contributed by atoms with E-state index in [9.17, 15) is 0 Å². The van der Waals surface area contributed by atoms with Crippen molar-refractivity contribution in [2.75, 3.05) is 0 Å². The van der Waals surface area contributed by atoms with Gasteiger partial charge in [-0.15, -0.1) is 13.2 Å². The molecular weight excluding hydrogens is 384 g/mol. The zero-order valence-electron chi connectivity index (χ0n) is 19.1. The molecular formula is C32H32. The highest BCUT2D eigenvalue weighted by atomic mass is 14.6. The molecule has 5 rings (SSSR count). The van der Waals surface area contributed by atoms with Gasteiger partial charge in [0.25, 0.3) is 0 Å². The highest BCUT2D eigenvalue weighted by Gasteiger charge is 2.55. The average Bonchev–Trinajstić information content (AvgIpc) is 3.39. The fourth-order valence-corrected chi connectivity index (χ4v) is 6.57. The fourth-order valence-electron chi connectivity index (χ4n) is 6.57. The molecule has 3 aromatic carbocycles. The average molecular weight is 417 g/mol. The minimum Gasteiger partial charge on any atom is -0.103 e. The Morgan fingerprint density at radius 2 is 1.41 bits per heavy atom. The van der Waals surface area contributed by atoms with Crippen molar-refractivity contribution in [1.82, 2.24) is 0 Å². The third-order valence-corrected chi connectivity index (χ3v) is 8.09. The van der Waals surface area contributed by atoms with Crippen LogP contribution < -0.4 is 0 Å². The Kier molecular flexibility index (Phi) is 5.25. The molecule has 0 saturated carbocycles. The number of hydrogen-bond acceptors (Lipinski definition) is 0. The highest BCUT2D eigenvalue weighted by molar-refractivity contribution is 5.80. The number of allylic oxidation sites excluding steroid dienone is 3. The number of hydrogen-bond donors (Lipinski definition) is 0. The van der Waals surface area contributed by atoms with Gasteiger partial charge in [0.05, 0.1) is 0 Å². The van der Waals surface area contributed by atoms with Crippen molar-refractivity contribution in [2.24, 2.45) is 5.41 Å². The summed E-state index contributed by atoms with van der Waals surface area (Å²) in [5, 5.41) is 0. The first-order chi connectivity index (χ1) is 15.7. The van der Waals surface area contributed by atoms with Gasteiger partial charge < -0.3 is 0 Å². The summed E-state index contributed by atoms with van der Waals surface area (Å²) in [6.07, 6.45) is 13.2. The lowest BCUT2D eigenvalue weighted by molar-refractivity contribution is 0.135. The van der Waals surface area contributed by atoms with E-state index >= 15 is 0 Å². The number of rotatable bonds is 8. The molecule has 2 unspecified atom stereocenters. The Balaban J connectivity index is 1.79. The molecule has 0 bridgehead atoms. The minimum atomic E-state index is -0.0595. The van der Waals surface area contributed by atoms with Crippen LogP contribution in [0.25, 0.3) is 17.2 Å². The molecule has 3 aromatic rings. The zero-order chi connectivity index (χ0) is 22.2. The van der Waals surface area contributed by atoms with E-state index < -0.39 is 0 Å². The fraction of sp³-hybridized carbons (Fsp3) is 0.250. The lowest BCUT2D eigenvalue weighted by Crippen LogP contribution is -2.46. The molecule has 32 heavy (non-hydrogen) atoms. The second kappa shape index (κ2) is 8.10. The first kappa shape index (κ1) is 20.8. The Bertz CT molecular complexity index is 1150. The van der Waals surface area contributed by atoms with Crippen LogP contribution in [0.15, 0.2) is 104 Å². The largest absolute Gasteiger partial charge is 0.103 e. The summed E-state index contributed by atoms with van der Waals surface area (Å²) in [4.78, 5) is 0. The summed E-state index contributed by atoms with van der Waals surface area (Å²) in [5.74, 6) is 0.329. The van der Waals surface area contributed by atoms with E-state index in [4.69, 9.17) is 0 Å². The first-order valence-electron chi connectivity index (χ1n) is 11.8.